The number of benzene rings is 1. The largest absolute Gasteiger partial charge is 0.388 e. The van der Waals surface area contributed by atoms with Crippen molar-refractivity contribution in [3.05, 3.63) is 52.1 Å². The van der Waals surface area contributed by atoms with Crippen LogP contribution < -0.4 is 0 Å². The molecule has 0 aliphatic heterocycles. The van der Waals surface area contributed by atoms with Gasteiger partial charge in [0.2, 0.25) is 0 Å². The molecule has 4 nitrogen and oxygen atoms in total. The molecule has 0 saturated heterocycles. The molecule has 1 aromatic rings. The topological polar surface area (TPSA) is 63.4 Å². The van der Waals surface area contributed by atoms with Crippen molar-refractivity contribution in [2.24, 2.45) is 5.92 Å². The van der Waals surface area contributed by atoms with E-state index in [2.05, 4.69) is 12.2 Å². The minimum absolute atomic E-state index is 0.0337. The van der Waals surface area contributed by atoms with Crippen molar-refractivity contribution in [1.29, 1.82) is 0 Å². The van der Waals surface area contributed by atoms with E-state index >= 15 is 0 Å². The zero-order valence-electron chi connectivity index (χ0n) is 10.9. The summed E-state index contributed by atoms with van der Waals surface area (Å²) in [7, 11) is 0. The van der Waals surface area contributed by atoms with Gasteiger partial charge >= 0.3 is 0 Å². The van der Waals surface area contributed by atoms with Gasteiger partial charge in [-0.1, -0.05) is 37.1 Å². The van der Waals surface area contributed by atoms with Gasteiger partial charge in [0.25, 0.3) is 5.69 Å². The number of aliphatic hydroxyl groups is 1. The van der Waals surface area contributed by atoms with Gasteiger partial charge in [-0.3, -0.25) is 10.1 Å². The van der Waals surface area contributed by atoms with Crippen LogP contribution in [0.5, 0.6) is 0 Å². The first-order chi connectivity index (χ1) is 9.18. The van der Waals surface area contributed by atoms with Crippen LogP contribution in [0, 0.1) is 16.0 Å². The highest BCUT2D eigenvalue weighted by molar-refractivity contribution is 5.35. The molecule has 0 aromatic heterocycles. The highest BCUT2D eigenvalue weighted by atomic mass is 16.6. The second-order valence-corrected chi connectivity index (χ2v) is 5.03. The maximum absolute atomic E-state index is 10.8. The summed E-state index contributed by atoms with van der Waals surface area (Å²) in [5.74, 6) is 0.0577. The Bertz CT molecular complexity index is 470. The molecule has 0 saturated carbocycles. The fourth-order valence-electron chi connectivity index (χ4n) is 2.52. The van der Waals surface area contributed by atoms with Crippen LogP contribution in [0.15, 0.2) is 36.4 Å². The quantitative estimate of drug-likeness (QED) is 0.512. The molecule has 1 aliphatic rings. The standard InChI is InChI=1S/C15H19NO3/c17-15(12-7-4-2-1-3-5-8-12)13-9-6-10-14(11-13)16(18)19/h4,6-7,9-12,15,17H,1-3,5,8H2/b7-4-. The minimum atomic E-state index is -0.658. The summed E-state index contributed by atoms with van der Waals surface area (Å²) in [6.07, 6.45) is 8.99. The summed E-state index contributed by atoms with van der Waals surface area (Å²) in [5.41, 5.74) is 0.663. The maximum Gasteiger partial charge on any atom is 0.269 e. The number of allylic oxidation sites excluding steroid dienone is 1. The average Bonchev–Trinajstić information content (AvgIpc) is 2.38. The lowest BCUT2D eigenvalue weighted by molar-refractivity contribution is -0.385. The molecule has 2 unspecified atom stereocenters. The summed E-state index contributed by atoms with van der Waals surface area (Å²) in [6.45, 7) is 0. The number of nitrogens with zero attached hydrogens (tertiary/aromatic N) is 1. The molecule has 4 heteroatoms. The normalized spacial score (nSPS) is 23.1. The molecule has 0 amide bonds. The summed E-state index contributed by atoms with van der Waals surface area (Å²) >= 11 is 0. The third-order valence-corrected chi connectivity index (χ3v) is 3.62. The van der Waals surface area contributed by atoms with E-state index in [9.17, 15) is 15.2 Å². The third-order valence-electron chi connectivity index (χ3n) is 3.62. The van der Waals surface area contributed by atoms with Crippen LogP contribution in [-0.4, -0.2) is 10.0 Å². The molecule has 102 valence electrons. The van der Waals surface area contributed by atoms with E-state index in [1.54, 1.807) is 12.1 Å². The van der Waals surface area contributed by atoms with E-state index in [1.807, 2.05) is 0 Å². The number of hydrogen-bond donors (Lipinski definition) is 1. The Morgan fingerprint density at radius 1 is 1.32 bits per heavy atom. The Hall–Kier alpha value is -1.68. The van der Waals surface area contributed by atoms with Crippen molar-refractivity contribution >= 4 is 5.69 Å². The van der Waals surface area contributed by atoms with Crippen LogP contribution in [0.2, 0.25) is 0 Å². The molecular formula is C15H19NO3. The third kappa shape index (κ3) is 3.64. The van der Waals surface area contributed by atoms with Crippen LogP contribution in [0.3, 0.4) is 0 Å². The fraction of sp³-hybridized carbons (Fsp3) is 0.467. The Morgan fingerprint density at radius 2 is 2.16 bits per heavy atom. The van der Waals surface area contributed by atoms with Crippen molar-refractivity contribution in [3.63, 3.8) is 0 Å². The fourth-order valence-corrected chi connectivity index (χ4v) is 2.52. The second-order valence-electron chi connectivity index (χ2n) is 5.03. The van der Waals surface area contributed by atoms with Crippen LogP contribution in [0.4, 0.5) is 5.69 Å². The first-order valence-corrected chi connectivity index (χ1v) is 6.77. The van der Waals surface area contributed by atoms with Crippen LogP contribution in [0.25, 0.3) is 0 Å². The molecule has 1 N–H and O–H groups in total. The zero-order chi connectivity index (χ0) is 13.7. The molecule has 2 atom stereocenters. The number of rotatable bonds is 3. The molecule has 0 fully saturated rings. The number of nitro benzene ring substituents is 1. The molecule has 19 heavy (non-hydrogen) atoms. The Labute approximate surface area is 112 Å². The van der Waals surface area contributed by atoms with E-state index in [4.69, 9.17) is 0 Å². The van der Waals surface area contributed by atoms with Gasteiger partial charge in [-0.05, 0) is 24.8 Å². The molecule has 1 aromatic carbocycles. The lowest BCUT2D eigenvalue weighted by Gasteiger charge is -2.21. The Morgan fingerprint density at radius 3 is 2.95 bits per heavy atom. The summed E-state index contributed by atoms with van der Waals surface area (Å²) in [4.78, 5) is 10.3. The smallest absolute Gasteiger partial charge is 0.269 e. The first-order valence-electron chi connectivity index (χ1n) is 6.77. The molecule has 1 aliphatic carbocycles. The van der Waals surface area contributed by atoms with E-state index in [1.165, 1.54) is 25.0 Å². The van der Waals surface area contributed by atoms with Crippen molar-refractivity contribution in [2.75, 3.05) is 0 Å². The van der Waals surface area contributed by atoms with Gasteiger partial charge in [0.15, 0.2) is 0 Å². The molecule has 0 bridgehead atoms. The average molecular weight is 261 g/mol. The van der Waals surface area contributed by atoms with E-state index in [-0.39, 0.29) is 11.6 Å². The van der Waals surface area contributed by atoms with Gasteiger partial charge < -0.3 is 5.11 Å². The maximum atomic E-state index is 10.8. The lowest BCUT2D eigenvalue weighted by Crippen LogP contribution is -2.11. The predicted octanol–water partition coefficient (Wildman–Crippen LogP) is 3.76. The van der Waals surface area contributed by atoms with Crippen molar-refractivity contribution in [1.82, 2.24) is 0 Å². The predicted molar refractivity (Wildman–Crippen MR) is 73.8 cm³/mol. The van der Waals surface area contributed by atoms with Gasteiger partial charge in [0.05, 0.1) is 11.0 Å². The van der Waals surface area contributed by atoms with Gasteiger partial charge in [-0.2, -0.15) is 0 Å². The Balaban J connectivity index is 2.17. The molecule has 0 heterocycles. The Kier molecular flexibility index (Phi) is 4.68. The van der Waals surface area contributed by atoms with Crippen molar-refractivity contribution < 1.29 is 10.0 Å². The lowest BCUT2D eigenvalue weighted by atomic mass is 9.88. The van der Waals surface area contributed by atoms with E-state index in [0.29, 0.717) is 5.56 Å². The summed E-state index contributed by atoms with van der Waals surface area (Å²) < 4.78 is 0. The molecule has 0 spiro atoms. The van der Waals surface area contributed by atoms with Crippen LogP contribution in [-0.2, 0) is 0 Å². The highest BCUT2D eigenvalue weighted by Crippen LogP contribution is 2.30. The highest BCUT2D eigenvalue weighted by Gasteiger charge is 2.20. The van der Waals surface area contributed by atoms with E-state index < -0.39 is 11.0 Å². The number of nitro groups is 1. The van der Waals surface area contributed by atoms with Gasteiger partial charge in [0, 0.05) is 18.1 Å². The number of aliphatic hydroxyl groups excluding tert-OH is 1. The minimum Gasteiger partial charge on any atom is -0.388 e. The van der Waals surface area contributed by atoms with Crippen molar-refractivity contribution in [2.45, 2.75) is 38.2 Å². The zero-order valence-corrected chi connectivity index (χ0v) is 10.9. The van der Waals surface area contributed by atoms with E-state index in [0.717, 1.165) is 19.3 Å². The van der Waals surface area contributed by atoms with Crippen LogP contribution >= 0.6 is 0 Å². The van der Waals surface area contributed by atoms with Gasteiger partial charge in [-0.15, -0.1) is 0 Å². The van der Waals surface area contributed by atoms with Crippen LogP contribution in [0.1, 0.15) is 43.8 Å². The van der Waals surface area contributed by atoms with Crippen molar-refractivity contribution in [3.8, 4) is 0 Å². The monoisotopic (exact) mass is 261 g/mol. The van der Waals surface area contributed by atoms with Gasteiger partial charge in [-0.25, -0.2) is 0 Å². The summed E-state index contributed by atoms with van der Waals surface area (Å²) in [6, 6.07) is 6.30. The SMILES string of the molecule is O=[N+]([O-])c1cccc(C(O)C2/C=C\CCCCC2)c1. The first kappa shape index (κ1) is 13.7. The summed E-state index contributed by atoms with van der Waals surface area (Å²) in [5, 5.41) is 21.2. The number of hydrogen-bond acceptors (Lipinski definition) is 3. The number of non-ortho nitro benzene ring substituents is 1. The molecule has 0 radical (unpaired) electrons. The molecular weight excluding hydrogens is 242 g/mol. The second kappa shape index (κ2) is 6.48. The van der Waals surface area contributed by atoms with Gasteiger partial charge in [0.1, 0.15) is 0 Å². The molecule has 2 rings (SSSR count).